The van der Waals surface area contributed by atoms with Gasteiger partial charge in [-0.2, -0.15) is 0 Å². The fourth-order valence-corrected chi connectivity index (χ4v) is 1.24. The Morgan fingerprint density at radius 2 is 1.50 bits per heavy atom. The fourth-order valence-electron chi connectivity index (χ4n) is 1.24. The quantitative estimate of drug-likeness (QED) is 0.644. The smallest absolute Gasteiger partial charge is 0.166 e. The summed E-state index contributed by atoms with van der Waals surface area (Å²) in [6.45, 7) is 0.0676. The zero-order valence-corrected chi connectivity index (χ0v) is 8.96. The van der Waals surface area contributed by atoms with E-state index >= 15 is 0 Å². The molecule has 0 radical (unpaired) electrons. The van der Waals surface area contributed by atoms with Crippen molar-refractivity contribution in [3.8, 4) is 0 Å². The summed E-state index contributed by atoms with van der Waals surface area (Å²) in [5.74, 6) is -5.85. The Morgan fingerprint density at radius 1 is 1.06 bits per heavy atom. The molecule has 7 heteroatoms. The minimum Gasteiger partial charge on any atom is -0.330 e. The van der Waals surface area contributed by atoms with Gasteiger partial charge in [0.25, 0.3) is 0 Å². The van der Waals surface area contributed by atoms with Crippen molar-refractivity contribution in [2.75, 3.05) is 6.54 Å². The Labute approximate surface area is 96.0 Å². The van der Waals surface area contributed by atoms with Crippen LogP contribution in [0.3, 0.4) is 0 Å². The van der Waals surface area contributed by atoms with Crippen molar-refractivity contribution in [3.05, 3.63) is 34.9 Å². The molecule has 1 aromatic rings. The lowest BCUT2D eigenvalue weighted by molar-refractivity contribution is 0.423. The van der Waals surface area contributed by atoms with Gasteiger partial charge in [0.15, 0.2) is 23.3 Å². The van der Waals surface area contributed by atoms with Crippen LogP contribution in [0.5, 0.6) is 0 Å². The molecule has 4 N–H and O–H groups in total. The Bertz CT molecular complexity index is 347. The number of nitrogens with two attached hydrogens (primary N) is 2. The van der Waals surface area contributed by atoms with E-state index in [1.165, 1.54) is 0 Å². The molecule has 92 valence electrons. The summed E-state index contributed by atoms with van der Waals surface area (Å²) in [6, 6.07) is -1.01. The van der Waals surface area contributed by atoms with Crippen LogP contribution in [0.25, 0.3) is 0 Å². The van der Waals surface area contributed by atoms with Crippen molar-refractivity contribution < 1.29 is 17.6 Å². The maximum Gasteiger partial charge on any atom is 0.166 e. The van der Waals surface area contributed by atoms with Gasteiger partial charge in [-0.3, -0.25) is 0 Å². The van der Waals surface area contributed by atoms with Gasteiger partial charge >= 0.3 is 0 Å². The molecule has 0 aliphatic rings. The first kappa shape index (κ1) is 15.2. The molecule has 0 aromatic heterocycles. The number of rotatable bonds is 3. The average molecular weight is 259 g/mol. The Balaban J connectivity index is 0.00000225. The molecule has 1 aromatic carbocycles. The summed E-state index contributed by atoms with van der Waals surface area (Å²) in [6.07, 6.45) is 0.0384. The molecule has 0 spiro atoms. The van der Waals surface area contributed by atoms with Crippen LogP contribution in [0.4, 0.5) is 17.6 Å². The molecular formula is C9H11ClF4N2. The number of halogens is 5. The largest absolute Gasteiger partial charge is 0.330 e. The summed E-state index contributed by atoms with van der Waals surface area (Å²) in [5.41, 5.74) is 9.69. The van der Waals surface area contributed by atoms with Crippen LogP contribution in [0, 0.1) is 23.3 Å². The van der Waals surface area contributed by atoms with Crippen molar-refractivity contribution >= 4 is 12.4 Å². The second kappa shape index (κ2) is 6.03. The second-order valence-electron chi connectivity index (χ2n) is 3.07. The summed E-state index contributed by atoms with van der Waals surface area (Å²) in [7, 11) is 0. The molecule has 0 fully saturated rings. The van der Waals surface area contributed by atoms with Gasteiger partial charge < -0.3 is 11.5 Å². The van der Waals surface area contributed by atoms with Crippen molar-refractivity contribution in [3.63, 3.8) is 0 Å². The number of hydrogen-bond donors (Lipinski definition) is 2. The first-order chi connectivity index (χ1) is 6.99. The van der Waals surface area contributed by atoms with Gasteiger partial charge in [0.1, 0.15) is 0 Å². The van der Waals surface area contributed by atoms with Crippen molar-refractivity contribution in [1.82, 2.24) is 0 Å². The van der Waals surface area contributed by atoms with Gasteiger partial charge in [0, 0.05) is 17.7 Å². The predicted molar refractivity (Wildman–Crippen MR) is 54.1 cm³/mol. The fraction of sp³-hybridized carbons (Fsp3) is 0.333. The zero-order chi connectivity index (χ0) is 11.6. The molecule has 0 bridgehead atoms. The molecule has 0 heterocycles. The van der Waals surface area contributed by atoms with E-state index in [1.54, 1.807) is 0 Å². The summed E-state index contributed by atoms with van der Waals surface area (Å²) >= 11 is 0. The topological polar surface area (TPSA) is 52.0 Å². The molecule has 0 amide bonds. The molecule has 16 heavy (non-hydrogen) atoms. The Kier molecular flexibility index (Phi) is 5.71. The third kappa shape index (κ3) is 2.84. The highest BCUT2D eigenvalue weighted by Crippen LogP contribution is 2.25. The molecule has 0 saturated heterocycles. The minimum atomic E-state index is -1.46. The highest BCUT2D eigenvalue weighted by Gasteiger charge is 2.23. The van der Waals surface area contributed by atoms with Crippen molar-refractivity contribution in [2.45, 2.75) is 12.5 Å². The first-order valence-electron chi connectivity index (χ1n) is 4.27. The van der Waals surface area contributed by atoms with E-state index < -0.39 is 34.9 Å². The maximum atomic E-state index is 13.1. The van der Waals surface area contributed by atoms with E-state index in [9.17, 15) is 17.6 Å². The van der Waals surface area contributed by atoms with Gasteiger partial charge in [-0.05, 0) is 13.0 Å². The number of benzene rings is 1. The van der Waals surface area contributed by atoms with E-state index in [0.29, 0.717) is 0 Å². The third-order valence-electron chi connectivity index (χ3n) is 1.99. The summed E-state index contributed by atoms with van der Waals surface area (Å²) in [4.78, 5) is 0. The summed E-state index contributed by atoms with van der Waals surface area (Å²) < 4.78 is 51.7. The highest BCUT2D eigenvalue weighted by molar-refractivity contribution is 5.85. The summed E-state index contributed by atoms with van der Waals surface area (Å²) in [5, 5.41) is 0. The van der Waals surface area contributed by atoms with Crippen LogP contribution in [-0.4, -0.2) is 6.54 Å². The van der Waals surface area contributed by atoms with Gasteiger partial charge in [-0.15, -0.1) is 12.4 Å². The van der Waals surface area contributed by atoms with Crippen LogP contribution in [0.2, 0.25) is 0 Å². The van der Waals surface area contributed by atoms with Crippen LogP contribution >= 0.6 is 12.4 Å². The normalized spacial score (nSPS) is 12.1. The molecular weight excluding hydrogens is 248 g/mol. The standard InChI is InChI=1S/C9H10F4N2.ClH/c10-4-3-5(11)9(13)7(8(4)12)6(15)1-2-14;/h3,6H,1-2,14-15H2;1H/t6-;/m0./s1. The monoisotopic (exact) mass is 258 g/mol. The zero-order valence-electron chi connectivity index (χ0n) is 8.14. The van der Waals surface area contributed by atoms with Crippen LogP contribution in [0.1, 0.15) is 18.0 Å². The van der Waals surface area contributed by atoms with Crippen LogP contribution in [-0.2, 0) is 0 Å². The van der Waals surface area contributed by atoms with E-state index in [-0.39, 0.29) is 31.4 Å². The van der Waals surface area contributed by atoms with Crippen molar-refractivity contribution in [1.29, 1.82) is 0 Å². The van der Waals surface area contributed by atoms with E-state index in [2.05, 4.69) is 0 Å². The van der Waals surface area contributed by atoms with E-state index in [1.807, 2.05) is 0 Å². The van der Waals surface area contributed by atoms with Gasteiger partial charge in [-0.25, -0.2) is 17.6 Å². The lowest BCUT2D eigenvalue weighted by Gasteiger charge is -2.13. The van der Waals surface area contributed by atoms with Gasteiger partial charge in [0.2, 0.25) is 0 Å². The molecule has 0 aliphatic carbocycles. The molecule has 0 unspecified atom stereocenters. The first-order valence-corrected chi connectivity index (χ1v) is 4.27. The van der Waals surface area contributed by atoms with Gasteiger partial charge in [-0.1, -0.05) is 0 Å². The SMILES string of the molecule is Cl.NCC[C@H](N)c1c(F)c(F)cc(F)c1F. The van der Waals surface area contributed by atoms with Crippen molar-refractivity contribution in [2.24, 2.45) is 11.5 Å². The Hall–Kier alpha value is -0.850. The Morgan fingerprint density at radius 3 is 1.88 bits per heavy atom. The lowest BCUT2D eigenvalue weighted by atomic mass is 10.0. The van der Waals surface area contributed by atoms with Crippen LogP contribution in [0.15, 0.2) is 6.07 Å². The maximum absolute atomic E-state index is 13.1. The third-order valence-corrected chi connectivity index (χ3v) is 1.99. The molecule has 0 saturated carbocycles. The lowest BCUT2D eigenvalue weighted by Crippen LogP contribution is -2.19. The molecule has 1 atom stereocenters. The molecule has 0 aliphatic heterocycles. The molecule has 2 nitrogen and oxygen atoms in total. The second-order valence-corrected chi connectivity index (χ2v) is 3.07. The van der Waals surface area contributed by atoms with E-state index in [4.69, 9.17) is 11.5 Å². The molecule has 1 rings (SSSR count). The van der Waals surface area contributed by atoms with Crippen LogP contribution < -0.4 is 11.5 Å². The highest BCUT2D eigenvalue weighted by atomic mass is 35.5. The number of hydrogen-bond acceptors (Lipinski definition) is 2. The van der Waals surface area contributed by atoms with Gasteiger partial charge in [0.05, 0.1) is 0 Å². The minimum absolute atomic E-state index is 0. The van der Waals surface area contributed by atoms with E-state index in [0.717, 1.165) is 0 Å². The predicted octanol–water partition coefficient (Wildman–Crippen LogP) is 2.01. The average Bonchev–Trinajstić information content (AvgIpc) is 2.16.